The number of nitriles is 1. The summed E-state index contributed by atoms with van der Waals surface area (Å²) in [5.41, 5.74) is -1.44. The molecule has 0 radical (unpaired) electrons. The van der Waals surface area contributed by atoms with Gasteiger partial charge in [-0.05, 0) is 31.1 Å². The van der Waals surface area contributed by atoms with Crippen molar-refractivity contribution < 1.29 is 14.3 Å². The SMILES string of the molecule is CCC1(C(=O)Oc2ccccc2Cl)N=NC(=O)C(C#N)=C1C. The third kappa shape index (κ3) is 2.51. The Morgan fingerprint density at radius 1 is 1.45 bits per heavy atom. The Hall–Kier alpha value is -2.52. The monoisotopic (exact) mass is 317 g/mol. The number of azo groups is 1. The molecule has 0 spiro atoms. The van der Waals surface area contributed by atoms with Crippen molar-refractivity contribution in [1.82, 2.24) is 0 Å². The number of hydrogen-bond acceptors (Lipinski definition) is 5. The molecule has 112 valence electrons. The third-order valence-electron chi connectivity index (χ3n) is 3.52. The van der Waals surface area contributed by atoms with Crippen LogP contribution in [0.3, 0.4) is 0 Å². The van der Waals surface area contributed by atoms with Gasteiger partial charge in [-0.2, -0.15) is 10.4 Å². The maximum Gasteiger partial charge on any atom is 0.345 e. The van der Waals surface area contributed by atoms with Gasteiger partial charge in [0.2, 0.25) is 5.54 Å². The van der Waals surface area contributed by atoms with Crippen LogP contribution in [0.2, 0.25) is 5.02 Å². The van der Waals surface area contributed by atoms with E-state index >= 15 is 0 Å². The van der Waals surface area contributed by atoms with E-state index in [9.17, 15) is 9.59 Å². The van der Waals surface area contributed by atoms with Gasteiger partial charge >= 0.3 is 11.9 Å². The number of esters is 1. The molecule has 22 heavy (non-hydrogen) atoms. The highest BCUT2D eigenvalue weighted by Gasteiger charge is 2.46. The Labute approximate surface area is 132 Å². The summed E-state index contributed by atoms with van der Waals surface area (Å²) in [6.07, 6.45) is 0.198. The number of nitrogens with zero attached hydrogens (tertiary/aromatic N) is 3. The van der Waals surface area contributed by atoms with Crippen LogP contribution in [0, 0.1) is 11.3 Å². The quantitative estimate of drug-likeness (QED) is 0.632. The molecule has 0 N–H and O–H groups in total. The normalized spacial score (nSPS) is 20.7. The van der Waals surface area contributed by atoms with Gasteiger partial charge in [-0.15, -0.1) is 5.11 Å². The molecule has 0 saturated heterocycles. The summed E-state index contributed by atoms with van der Waals surface area (Å²) in [6.45, 7) is 3.20. The first kappa shape index (κ1) is 15.9. The van der Waals surface area contributed by atoms with Crippen LogP contribution in [-0.2, 0) is 9.59 Å². The average molecular weight is 318 g/mol. The van der Waals surface area contributed by atoms with E-state index in [1.165, 1.54) is 6.92 Å². The van der Waals surface area contributed by atoms with Gasteiger partial charge in [0.1, 0.15) is 17.4 Å². The van der Waals surface area contributed by atoms with E-state index in [0.29, 0.717) is 0 Å². The second kappa shape index (κ2) is 6.08. The van der Waals surface area contributed by atoms with Crippen molar-refractivity contribution in [3.8, 4) is 11.8 Å². The van der Waals surface area contributed by atoms with Crippen molar-refractivity contribution in [3.05, 3.63) is 40.4 Å². The van der Waals surface area contributed by atoms with Gasteiger partial charge in [0.25, 0.3) is 0 Å². The standard InChI is InChI=1S/C15H12ClN3O3/c1-3-15(9(2)10(8-17)13(20)18-19-15)14(21)22-12-7-5-4-6-11(12)16/h4-7H,3H2,1-2H3. The van der Waals surface area contributed by atoms with Crippen LogP contribution in [0.25, 0.3) is 0 Å². The summed E-state index contributed by atoms with van der Waals surface area (Å²) in [5, 5.41) is 16.6. The second-order valence-corrected chi connectivity index (χ2v) is 5.06. The van der Waals surface area contributed by atoms with Crippen molar-refractivity contribution >= 4 is 23.5 Å². The molecule has 2 rings (SSSR count). The number of para-hydroxylation sites is 1. The first-order chi connectivity index (χ1) is 10.5. The van der Waals surface area contributed by atoms with Crippen LogP contribution in [0.15, 0.2) is 45.6 Å². The number of benzene rings is 1. The predicted octanol–water partition coefficient (Wildman–Crippen LogP) is 3.23. The lowest BCUT2D eigenvalue weighted by molar-refractivity contribution is -0.139. The zero-order valence-corrected chi connectivity index (χ0v) is 12.7. The molecule has 0 fully saturated rings. The maximum absolute atomic E-state index is 12.6. The molecule has 0 aromatic heterocycles. The maximum atomic E-state index is 12.6. The van der Waals surface area contributed by atoms with Crippen LogP contribution < -0.4 is 4.74 Å². The van der Waals surface area contributed by atoms with E-state index in [0.717, 1.165) is 0 Å². The Bertz CT molecular complexity index is 749. The topological polar surface area (TPSA) is 91.9 Å². The number of carbonyl (C=O) groups excluding carboxylic acids is 2. The largest absolute Gasteiger partial charge is 0.423 e. The zero-order chi connectivity index (χ0) is 16.3. The van der Waals surface area contributed by atoms with E-state index in [2.05, 4.69) is 10.2 Å². The molecule has 1 aliphatic rings. The molecule has 1 atom stereocenters. The molecule has 1 aromatic carbocycles. The summed E-state index contributed by atoms with van der Waals surface area (Å²) in [5.74, 6) is -1.31. The van der Waals surface area contributed by atoms with Crippen LogP contribution in [-0.4, -0.2) is 17.4 Å². The molecule has 6 nitrogen and oxygen atoms in total. The van der Waals surface area contributed by atoms with Gasteiger partial charge in [0.05, 0.1) is 5.02 Å². The highest BCUT2D eigenvalue weighted by molar-refractivity contribution is 6.32. The summed E-state index contributed by atoms with van der Waals surface area (Å²) >= 11 is 5.96. The fourth-order valence-corrected chi connectivity index (χ4v) is 2.31. The summed E-state index contributed by atoms with van der Waals surface area (Å²) in [6, 6.07) is 8.26. The minimum absolute atomic E-state index is 0.181. The highest BCUT2D eigenvalue weighted by Crippen LogP contribution is 2.35. The molecule has 0 bridgehead atoms. The number of hydrogen-bond donors (Lipinski definition) is 0. The van der Waals surface area contributed by atoms with Crippen LogP contribution in [0.4, 0.5) is 0 Å². The fourth-order valence-electron chi connectivity index (χ4n) is 2.14. The van der Waals surface area contributed by atoms with E-state index < -0.39 is 17.4 Å². The number of halogens is 1. The lowest BCUT2D eigenvalue weighted by atomic mass is 9.84. The number of carbonyl (C=O) groups is 2. The molecular weight excluding hydrogens is 306 g/mol. The lowest BCUT2D eigenvalue weighted by Crippen LogP contribution is -2.43. The molecule has 0 aliphatic carbocycles. The highest BCUT2D eigenvalue weighted by atomic mass is 35.5. The van der Waals surface area contributed by atoms with Crippen molar-refractivity contribution in [2.24, 2.45) is 10.2 Å². The summed E-state index contributed by atoms with van der Waals surface area (Å²) in [7, 11) is 0. The molecular formula is C15H12ClN3O3. The minimum Gasteiger partial charge on any atom is -0.423 e. The third-order valence-corrected chi connectivity index (χ3v) is 3.83. The van der Waals surface area contributed by atoms with Crippen molar-refractivity contribution in [2.45, 2.75) is 25.8 Å². The van der Waals surface area contributed by atoms with E-state index in [4.69, 9.17) is 21.6 Å². The predicted molar refractivity (Wildman–Crippen MR) is 78.3 cm³/mol. The Morgan fingerprint density at radius 3 is 2.73 bits per heavy atom. The molecule has 1 aromatic rings. The zero-order valence-electron chi connectivity index (χ0n) is 12.0. The Kier molecular flexibility index (Phi) is 4.38. The summed E-state index contributed by atoms with van der Waals surface area (Å²) < 4.78 is 5.30. The lowest BCUT2D eigenvalue weighted by Gasteiger charge is -2.28. The molecule has 7 heteroatoms. The van der Waals surface area contributed by atoms with Gasteiger partial charge in [-0.25, -0.2) is 4.79 Å². The van der Waals surface area contributed by atoms with Crippen molar-refractivity contribution in [2.75, 3.05) is 0 Å². The van der Waals surface area contributed by atoms with Gasteiger partial charge in [0, 0.05) is 0 Å². The van der Waals surface area contributed by atoms with Crippen molar-refractivity contribution in [3.63, 3.8) is 0 Å². The first-order valence-corrected chi connectivity index (χ1v) is 6.89. The van der Waals surface area contributed by atoms with Crippen LogP contribution in [0.1, 0.15) is 20.3 Å². The molecule has 1 heterocycles. The van der Waals surface area contributed by atoms with Gasteiger partial charge < -0.3 is 4.74 Å². The molecule has 1 amide bonds. The first-order valence-electron chi connectivity index (χ1n) is 6.51. The van der Waals surface area contributed by atoms with E-state index in [1.54, 1.807) is 37.3 Å². The minimum atomic E-state index is -1.49. The number of ether oxygens (including phenoxy) is 1. The number of amides is 1. The Morgan fingerprint density at radius 2 is 2.14 bits per heavy atom. The molecule has 0 saturated carbocycles. The smallest absolute Gasteiger partial charge is 0.345 e. The van der Waals surface area contributed by atoms with Crippen LogP contribution in [0.5, 0.6) is 5.75 Å². The van der Waals surface area contributed by atoms with Gasteiger partial charge in [0.15, 0.2) is 0 Å². The molecule has 1 aliphatic heterocycles. The average Bonchev–Trinajstić information content (AvgIpc) is 2.51. The second-order valence-electron chi connectivity index (χ2n) is 4.65. The Balaban J connectivity index is 2.44. The fraction of sp³-hybridized carbons (Fsp3) is 0.267. The van der Waals surface area contributed by atoms with Crippen molar-refractivity contribution in [1.29, 1.82) is 5.26 Å². The van der Waals surface area contributed by atoms with Gasteiger partial charge in [-0.1, -0.05) is 30.7 Å². The van der Waals surface area contributed by atoms with Crippen LogP contribution >= 0.6 is 11.6 Å². The molecule has 1 unspecified atom stereocenters. The summed E-state index contributed by atoms with van der Waals surface area (Å²) in [4.78, 5) is 24.1. The van der Waals surface area contributed by atoms with E-state index in [1.807, 2.05) is 0 Å². The number of rotatable bonds is 3. The van der Waals surface area contributed by atoms with E-state index in [-0.39, 0.29) is 28.3 Å². The van der Waals surface area contributed by atoms with Gasteiger partial charge in [-0.3, -0.25) is 4.79 Å².